The van der Waals surface area contributed by atoms with E-state index < -0.39 is 5.79 Å². The molecule has 0 radical (unpaired) electrons. The Labute approximate surface area is 187 Å². The lowest BCUT2D eigenvalue weighted by Gasteiger charge is -2.35. The SMILES string of the molecule is O=Cc1ccc2n1C[C@]1(C[C@H](OCc3ccccc3)[C@@H](COCc3ccccc3)O1)OC2. The third-order valence-corrected chi connectivity index (χ3v) is 6.10. The quantitative estimate of drug-likeness (QED) is 0.500. The molecule has 2 aliphatic rings. The van der Waals surface area contributed by atoms with Gasteiger partial charge in [0, 0.05) is 12.1 Å². The molecule has 3 atom stereocenters. The van der Waals surface area contributed by atoms with Crippen LogP contribution in [0.25, 0.3) is 0 Å². The van der Waals surface area contributed by atoms with Crippen LogP contribution in [0.5, 0.6) is 0 Å². The lowest BCUT2D eigenvalue weighted by Crippen LogP contribution is -2.42. The maximum Gasteiger partial charge on any atom is 0.189 e. The minimum atomic E-state index is -0.827. The van der Waals surface area contributed by atoms with Crippen molar-refractivity contribution in [2.75, 3.05) is 6.61 Å². The Morgan fingerprint density at radius 3 is 2.41 bits per heavy atom. The number of hydrogen-bond acceptors (Lipinski definition) is 5. The highest BCUT2D eigenvalue weighted by Crippen LogP contribution is 2.39. The molecule has 3 aromatic rings. The average Bonchev–Trinajstić information content (AvgIpc) is 3.39. The molecule has 0 amide bonds. The molecule has 6 heteroatoms. The topological polar surface area (TPSA) is 58.9 Å². The summed E-state index contributed by atoms with van der Waals surface area (Å²) in [7, 11) is 0. The Morgan fingerprint density at radius 2 is 1.69 bits per heavy atom. The van der Waals surface area contributed by atoms with Crippen LogP contribution in [0, 0.1) is 0 Å². The first-order valence-corrected chi connectivity index (χ1v) is 11.0. The van der Waals surface area contributed by atoms with E-state index in [2.05, 4.69) is 0 Å². The summed E-state index contributed by atoms with van der Waals surface area (Å²) in [4.78, 5) is 11.5. The Morgan fingerprint density at radius 1 is 0.969 bits per heavy atom. The second-order valence-electron chi connectivity index (χ2n) is 8.35. The second kappa shape index (κ2) is 9.38. The number of carbonyl (C=O) groups is 1. The van der Waals surface area contributed by atoms with Gasteiger partial charge in [0.05, 0.1) is 44.8 Å². The summed E-state index contributed by atoms with van der Waals surface area (Å²) < 4.78 is 26.9. The fraction of sp³-hybridized carbons (Fsp3) is 0.346. The van der Waals surface area contributed by atoms with Crippen molar-refractivity contribution < 1.29 is 23.7 Å². The number of aromatic nitrogens is 1. The summed E-state index contributed by atoms with van der Waals surface area (Å²) in [5, 5.41) is 0. The molecule has 166 valence electrons. The van der Waals surface area contributed by atoms with Gasteiger partial charge in [-0.1, -0.05) is 60.7 Å². The van der Waals surface area contributed by atoms with E-state index in [4.69, 9.17) is 18.9 Å². The minimum absolute atomic E-state index is 0.178. The maximum absolute atomic E-state index is 11.5. The average molecular weight is 434 g/mol. The molecule has 6 nitrogen and oxygen atoms in total. The molecule has 0 unspecified atom stereocenters. The van der Waals surface area contributed by atoms with Crippen LogP contribution in [0.15, 0.2) is 72.8 Å². The van der Waals surface area contributed by atoms with Crippen molar-refractivity contribution in [1.82, 2.24) is 4.57 Å². The van der Waals surface area contributed by atoms with E-state index in [0.717, 1.165) is 23.1 Å². The first kappa shape index (κ1) is 21.1. The normalized spacial score (nSPS) is 24.5. The highest BCUT2D eigenvalue weighted by molar-refractivity contribution is 5.72. The van der Waals surface area contributed by atoms with Crippen molar-refractivity contribution in [2.45, 2.75) is 50.8 Å². The van der Waals surface area contributed by atoms with Crippen LogP contribution in [0.4, 0.5) is 0 Å². The van der Waals surface area contributed by atoms with E-state index in [1.807, 2.05) is 77.4 Å². The Kier molecular flexibility index (Phi) is 6.19. The molecule has 1 saturated heterocycles. The first-order valence-electron chi connectivity index (χ1n) is 11.0. The zero-order chi connectivity index (χ0) is 21.8. The Balaban J connectivity index is 1.29. The summed E-state index contributed by atoms with van der Waals surface area (Å²) in [6.07, 6.45) is 1.01. The van der Waals surface area contributed by atoms with Gasteiger partial charge in [0.15, 0.2) is 12.1 Å². The molecule has 1 fully saturated rings. The number of fused-ring (bicyclic) bond motifs is 1. The van der Waals surface area contributed by atoms with Crippen molar-refractivity contribution in [1.29, 1.82) is 0 Å². The number of rotatable bonds is 8. The highest BCUT2D eigenvalue weighted by atomic mass is 16.7. The van der Waals surface area contributed by atoms with Gasteiger partial charge in [-0.2, -0.15) is 0 Å². The number of nitrogens with zero attached hydrogens (tertiary/aromatic N) is 1. The van der Waals surface area contributed by atoms with E-state index >= 15 is 0 Å². The van der Waals surface area contributed by atoms with Crippen LogP contribution < -0.4 is 0 Å². The van der Waals surface area contributed by atoms with Gasteiger partial charge in [0.25, 0.3) is 0 Å². The zero-order valence-electron chi connectivity index (χ0n) is 17.9. The lowest BCUT2D eigenvalue weighted by molar-refractivity contribution is -0.257. The third-order valence-electron chi connectivity index (χ3n) is 6.10. The summed E-state index contributed by atoms with van der Waals surface area (Å²) in [5.74, 6) is -0.827. The molecule has 1 spiro atoms. The van der Waals surface area contributed by atoms with E-state index in [0.29, 0.717) is 45.1 Å². The van der Waals surface area contributed by atoms with Crippen LogP contribution in [-0.4, -0.2) is 35.5 Å². The van der Waals surface area contributed by atoms with Gasteiger partial charge in [0.1, 0.15) is 6.10 Å². The van der Waals surface area contributed by atoms with Crippen LogP contribution >= 0.6 is 0 Å². The van der Waals surface area contributed by atoms with Crippen LogP contribution in [-0.2, 0) is 45.3 Å². The molecular weight excluding hydrogens is 406 g/mol. The molecular formula is C26H27NO5. The first-order chi connectivity index (χ1) is 15.7. The Hall–Kier alpha value is -2.77. The molecule has 0 saturated carbocycles. The number of ether oxygens (including phenoxy) is 4. The largest absolute Gasteiger partial charge is 0.374 e. The fourth-order valence-corrected chi connectivity index (χ4v) is 4.43. The predicted molar refractivity (Wildman–Crippen MR) is 118 cm³/mol. The molecule has 5 rings (SSSR count). The van der Waals surface area contributed by atoms with Gasteiger partial charge in [-0.3, -0.25) is 4.79 Å². The second-order valence-corrected chi connectivity index (χ2v) is 8.35. The minimum Gasteiger partial charge on any atom is -0.374 e. The van der Waals surface area contributed by atoms with Gasteiger partial charge in [-0.25, -0.2) is 0 Å². The fourth-order valence-electron chi connectivity index (χ4n) is 4.43. The van der Waals surface area contributed by atoms with Crippen molar-refractivity contribution in [3.8, 4) is 0 Å². The van der Waals surface area contributed by atoms with Crippen LogP contribution in [0.2, 0.25) is 0 Å². The summed E-state index contributed by atoms with van der Waals surface area (Å²) in [6.45, 7) is 2.27. The van der Waals surface area contributed by atoms with Crippen molar-refractivity contribution >= 4 is 6.29 Å². The third kappa shape index (κ3) is 4.54. The summed E-state index contributed by atoms with van der Waals surface area (Å²) in [6, 6.07) is 23.9. The molecule has 0 N–H and O–H groups in total. The standard InChI is InChI=1S/C26H27NO5/c28-14-22-11-12-23-17-31-26(19-27(22)23)13-24(30-16-21-9-5-2-6-10-21)25(32-26)18-29-15-20-7-3-1-4-8-20/h1-12,14,24-25H,13,15-19H2/t24-,25+,26+/m0/s1. The molecule has 3 heterocycles. The molecule has 2 aliphatic heterocycles. The van der Waals surface area contributed by atoms with Crippen LogP contribution in [0.3, 0.4) is 0 Å². The van der Waals surface area contributed by atoms with E-state index in [1.165, 1.54) is 0 Å². The van der Waals surface area contributed by atoms with Crippen molar-refractivity contribution in [3.63, 3.8) is 0 Å². The number of hydrogen-bond donors (Lipinski definition) is 0. The van der Waals surface area contributed by atoms with Crippen LogP contribution in [0.1, 0.15) is 33.7 Å². The number of carbonyl (C=O) groups excluding carboxylic acids is 1. The maximum atomic E-state index is 11.5. The molecule has 32 heavy (non-hydrogen) atoms. The van der Waals surface area contributed by atoms with Gasteiger partial charge in [0.2, 0.25) is 0 Å². The lowest BCUT2D eigenvalue weighted by atomic mass is 10.1. The number of benzene rings is 2. The number of aldehydes is 1. The van der Waals surface area contributed by atoms with Gasteiger partial charge < -0.3 is 23.5 Å². The predicted octanol–water partition coefficient (Wildman–Crippen LogP) is 4.12. The monoisotopic (exact) mass is 433 g/mol. The molecule has 0 aliphatic carbocycles. The molecule has 1 aromatic heterocycles. The Bertz CT molecular complexity index is 1030. The van der Waals surface area contributed by atoms with Gasteiger partial charge >= 0.3 is 0 Å². The highest BCUT2D eigenvalue weighted by Gasteiger charge is 2.50. The smallest absolute Gasteiger partial charge is 0.189 e. The van der Waals surface area contributed by atoms with Gasteiger partial charge in [-0.05, 0) is 23.3 Å². The summed E-state index contributed by atoms with van der Waals surface area (Å²) >= 11 is 0. The molecule has 2 aromatic carbocycles. The van der Waals surface area contributed by atoms with E-state index in [9.17, 15) is 4.79 Å². The van der Waals surface area contributed by atoms with Gasteiger partial charge in [-0.15, -0.1) is 0 Å². The summed E-state index contributed by atoms with van der Waals surface area (Å²) in [5.41, 5.74) is 3.84. The van der Waals surface area contributed by atoms with E-state index in [-0.39, 0.29) is 12.2 Å². The molecule has 0 bridgehead atoms. The van der Waals surface area contributed by atoms with E-state index in [1.54, 1.807) is 0 Å². The van der Waals surface area contributed by atoms with Crippen molar-refractivity contribution in [2.24, 2.45) is 0 Å². The van der Waals surface area contributed by atoms with Crippen molar-refractivity contribution in [3.05, 3.63) is 95.3 Å². The zero-order valence-corrected chi connectivity index (χ0v) is 17.9.